The summed E-state index contributed by atoms with van der Waals surface area (Å²) < 4.78 is 13.1. The summed E-state index contributed by atoms with van der Waals surface area (Å²) in [4.78, 5) is 11.7. The first-order valence-electron chi connectivity index (χ1n) is 6.41. The highest BCUT2D eigenvalue weighted by atomic mass is 35.5. The van der Waals surface area contributed by atoms with E-state index in [1.54, 1.807) is 0 Å². The standard InChI is InChI=1S/C16H15ClFNO2/c1-16(15(20)21,13-8-7-12(18)9-14(13)17)19-10-11-5-3-2-4-6-11/h2-9,19H,10H2,1H3,(H,20,21). The lowest BCUT2D eigenvalue weighted by Gasteiger charge is -2.28. The van der Waals surface area contributed by atoms with Crippen molar-refractivity contribution in [3.63, 3.8) is 0 Å². The summed E-state index contributed by atoms with van der Waals surface area (Å²) in [5, 5.41) is 12.6. The molecule has 0 spiro atoms. The SMILES string of the molecule is CC(NCc1ccccc1)(C(=O)O)c1ccc(F)cc1Cl. The van der Waals surface area contributed by atoms with Gasteiger partial charge in [0.05, 0.1) is 0 Å². The van der Waals surface area contributed by atoms with Crippen LogP contribution in [-0.2, 0) is 16.9 Å². The Bertz CT molecular complexity index is 648. The van der Waals surface area contributed by atoms with Crippen LogP contribution in [0.1, 0.15) is 18.1 Å². The molecular weight excluding hydrogens is 293 g/mol. The largest absolute Gasteiger partial charge is 0.480 e. The number of carboxylic acid groups (broad SMARTS) is 1. The Kier molecular flexibility index (Phi) is 4.60. The maximum Gasteiger partial charge on any atom is 0.328 e. The van der Waals surface area contributed by atoms with Crippen molar-refractivity contribution in [2.45, 2.75) is 19.0 Å². The van der Waals surface area contributed by atoms with E-state index in [2.05, 4.69) is 5.32 Å². The monoisotopic (exact) mass is 307 g/mol. The second-order valence-corrected chi connectivity index (χ2v) is 5.30. The topological polar surface area (TPSA) is 49.3 Å². The molecule has 0 aliphatic rings. The van der Waals surface area contributed by atoms with Gasteiger partial charge in [0.2, 0.25) is 0 Å². The highest BCUT2D eigenvalue weighted by molar-refractivity contribution is 6.31. The van der Waals surface area contributed by atoms with E-state index in [9.17, 15) is 14.3 Å². The van der Waals surface area contributed by atoms with E-state index in [0.29, 0.717) is 12.1 Å². The number of halogens is 2. The van der Waals surface area contributed by atoms with Crippen LogP contribution in [-0.4, -0.2) is 11.1 Å². The average Bonchev–Trinajstić information content (AvgIpc) is 2.45. The molecule has 3 nitrogen and oxygen atoms in total. The van der Waals surface area contributed by atoms with E-state index in [1.807, 2.05) is 30.3 Å². The van der Waals surface area contributed by atoms with E-state index in [-0.39, 0.29) is 5.02 Å². The molecular formula is C16H15ClFNO2. The lowest BCUT2D eigenvalue weighted by molar-refractivity contribution is -0.144. The molecule has 2 rings (SSSR count). The van der Waals surface area contributed by atoms with Crippen LogP contribution < -0.4 is 5.32 Å². The van der Waals surface area contributed by atoms with Crippen LogP contribution in [0.3, 0.4) is 0 Å². The third-order valence-corrected chi connectivity index (χ3v) is 3.70. The summed E-state index contributed by atoms with van der Waals surface area (Å²) in [5.41, 5.74) is -0.127. The predicted octanol–water partition coefficient (Wildman–Crippen LogP) is 3.57. The molecule has 21 heavy (non-hydrogen) atoms. The lowest BCUT2D eigenvalue weighted by Crippen LogP contribution is -2.46. The van der Waals surface area contributed by atoms with Gasteiger partial charge in [-0.15, -0.1) is 0 Å². The molecule has 0 heterocycles. The minimum Gasteiger partial charge on any atom is -0.480 e. The first kappa shape index (κ1) is 15.5. The summed E-state index contributed by atoms with van der Waals surface area (Å²) in [6, 6.07) is 13.1. The van der Waals surface area contributed by atoms with E-state index in [1.165, 1.54) is 19.1 Å². The molecule has 0 aliphatic heterocycles. The van der Waals surface area contributed by atoms with Crippen molar-refractivity contribution in [3.05, 3.63) is 70.5 Å². The minimum atomic E-state index is -1.40. The second kappa shape index (κ2) is 6.24. The minimum absolute atomic E-state index is 0.0838. The first-order chi connectivity index (χ1) is 9.93. The Morgan fingerprint density at radius 2 is 1.95 bits per heavy atom. The maximum atomic E-state index is 13.1. The number of hydrogen-bond donors (Lipinski definition) is 2. The Labute approximate surface area is 127 Å². The fourth-order valence-corrected chi connectivity index (χ4v) is 2.41. The van der Waals surface area contributed by atoms with Crippen LogP contribution in [0.25, 0.3) is 0 Å². The molecule has 1 unspecified atom stereocenters. The highest BCUT2D eigenvalue weighted by Crippen LogP contribution is 2.29. The van der Waals surface area contributed by atoms with Crippen molar-refractivity contribution in [3.8, 4) is 0 Å². The predicted molar refractivity (Wildman–Crippen MR) is 79.7 cm³/mol. The van der Waals surface area contributed by atoms with Gasteiger partial charge in [0.1, 0.15) is 11.4 Å². The number of benzene rings is 2. The molecule has 2 N–H and O–H groups in total. The number of rotatable bonds is 5. The van der Waals surface area contributed by atoms with E-state index in [0.717, 1.165) is 11.6 Å². The average molecular weight is 308 g/mol. The van der Waals surface area contributed by atoms with E-state index < -0.39 is 17.3 Å². The number of carbonyl (C=O) groups is 1. The zero-order valence-electron chi connectivity index (χ0n) is 11.4. The van der Waals surface area contributed by atoms with Gasteiger partial charge in [-0.25, -0.2) is 9.18 Å². The molecule has 0 aliphatic carbocycles. The van der Waals surface area contributed by atoms with Gasteiger partial charge in [0.25, 0.3) is 0 Å². The van der Waals surface area contributed by atoms with Crippen molar-refractivity contribution in [1.82, 2.24) is 5.32 Å². The third kappa shape index (κ3) is 3.40. The summed E-state index contributed by atoms with van der Waals surface area (Å²) in [7, 11) is 0. The lowest BCUT2D eigenvalue weighted by atomic mass is 9.91. The molecule has 1 atom stereocenters. The summed E-state index contributed by atoms with van der Waals surface area (Å²) >= 11 is 6.00. The summed E-state index contributed by atoms with van der Waals surface area (Å²) in [6.45, 7) is 1.87. The number of nitrogens with one attached hydrogen (secondary N) is 1. The smallest absolute Gasteiger partial charge is 0.328 e. The third-order valence-electron chi connectivity index (χ3n) is 3.39. The number of hydrogen-bond acceptors (Lipinski definition) is 2. The second-order valence-electron chi connectivity index (χ2n) is 4.89. The van der Waals surface area contributed by atoms with Gasteiger partial charge in [-0.05, 0) is 24.6 Å². The quantitative estimate of drug-likeness (QED) is 0.888. The molecule has 2 aromatic rings. The molecule has 0 bridgehead atoms. The molecule has 5 heteroatoms. The summed E-state index contributed by atoms with van der Waals surface area (Å²) in [5.74, 6) is -1.58. The Morgan fingerprint density at radius 3 is 2.52 bits per heavy atom. The highest BCUT2D eigenvalue weighted by Gasteiger charge is 2.36. The Balaban J connectivity index is 2.30. The van der Waals surface area contributed by atoms with Crippen molar-refractivity contribution in [2.75, 3.05) is 0 Å². The molecule has 0 saturated carbocycles. The van der Waals surface area contributed by atoms with Crippen LogP contribution in [0.4, 0.5) is 4.39 Å². The number of aliphatic carboxylic acids is 1. The molecule has 110 valence electrons. The fourth-order valence-electron chi connectivity index (χ4n) is 2.06. The fraction of sp³-hybridized carbons (Fsp3) is 0.188. The van der Waals surface area contributed by atoms with Gasteiger partial charge < -0.3 is 5.11 Å². The summed E-state index contributed by atoms with van der Waals surface area (Å²) in [6.07, 6.45) is 0. The van der Waals surface area contributed by atoms with Gasteiger partial charge >= 0.3 is 5.97 Å². The molecule has 0 radical (unpaired) electrons. The van der Waals surface area contributed by atoms with Gasteiger partial charge in [0, 0.05) is 17.1 Å². The van der Waals surface area contributed by atoms with E-state index >= 15 is 0 Å². The molecule has 0 aromatic heterocycles. The molecule has 0 saturated heterocycles. The zero-order chi connectivity index (χ0) is 15.5. The van der Waals surface area contributed by atoms with Crippen LogP contribution in [0.15, 0.2) is 48.5 Å². The van der Waals surface area contributed by atoms with Crippen LogP contribution in [0, 0.1) is 5.82 Å². The Morgan fingerprint density at radius 1 is 1.29 bits per heavy atom. The molecule has 0 fully saturated rings. The molecule has 2 aromatic carbocycles. The number of carboxylic acids is 1. The van der Waals surface area contributed by atoms with Crippen molar-refractivity contribution < 1.29 is 14.3 Å². The molecule has 0 amide bonds. The van der Waals surface area contributed by atoms with Gasteiger partial charge in [-0.1, -0.05) is 48.0 Å². The van der Waals surface area contributed by atoms with Crippen LogP contribution in [0.5, 0.6) is 0 Å². The van der Waals surface area contributed by atoms with E-state index in [4.69, 9.17) is 11.6 Å². The normalized spacial score (nSPS) is 13.7. The Hall–Kier alpha value is -1.91. The van der Waals surface area contributed by atoms with Crippen molar-refractivity contribution >= 4 is 17.6 Å². The van der Waals surface area contributed by atoms with Crippen LogP contribution in [0.2, 0.25) is 5.02 Å². The van der Waals surface area contributed by atoms with Crippen molar-refractivity contribution in [2.24, 2.45) is 0 Å². The van der Waals surface area contributed by atoms with Gasteiger partial charge in [0.15, 0.2) is 0 Å². The first-order valence-corrected chi connectivity index (χ1v) is 6.79. The zero-order valence-corrected chi connectivity index (χ0v) is 12.2. The maximum absolute atomic E-state index is 13.1. The van der Waals surface area contributed by atoms with Gasteiger partial charge in [-0.3, -0.25) is 5.32 Å². The van der Waals surface area contributed by atoms with Crippen LogP contribution >= 0.6 is 11.6 Å². The van der Waals surface area contributed by atoms with Crippen molar-refractivity contribution in [1.29, 1.82) is 0 Å². The van der Waals surface area contributed by atoms with Gasteiger partial charge in [-0.2, -0.15) is 0 Å².